The Labute approximate surface area is 118 Å². The summed E-state index contributed by atoms with van der Waals surface area (Å²) in [6, 6.07) is 0. The van der Waals surface area contributed by atoms with Crippen molar-refractivity contribution in [1.29, 1.82) is 0 Å². The van der Waals surface area contributed by atoms with Crippen LogP contribution in [0.3, 0.4) is 0 Å². The van der Waals surface area contributed by atoms with E-state index in [1.807, 2.05) is 0 Å². The van der Waals surface area contributed by atoms with Crippen LogP contribution < -0.4 is 5.32 Å². The maximum Gasteiger partial charge on any atom is 0.411 e. The number of halogens is 3. The summed E-state index contributed by atoms with van der Waals surface area (Å²) in [4.78, 5) is 0. The van der Waals surface area contributed by atoms with Crippen LogP contribution in [-0.2, 0) is 9.47 Å². The van der Waals surface area contributed by atoms with Crippen LogP contribution in [0.15, 0.2) is 0 Å². The second-order valence-corrected chi connectivity index (χ2v) is 5.89. The van der Waals surface area contributed by atoms with Gasteiger partial charge in [-0.25, -0.2) is 0 Å². The van der Waals surface area contributed by atoms with Crippen molar-refractivity contribution in [2.75, 3.05) is 26.3 Å². The first-order chi connectivity index (χ1) is 9.49. The molecule has 1 saturated carbocycles. The SMILES string of the molecule is FC(F)(F)COCCNCC1CCC2(CCCCC2)O1. The molecule has 2 fully saturated rings. The van der Waals surface area contributed by atoms with E-state index in [4.69, 9.17) is 4.74 Å². The highest BCUT2D eigenvalue weighted by Crippen LogP contribution is 2.41. The summed E-state index contributed by atoms with van der Waals surface area (Å²) >= 11 is 0. The van der Waals surface area contributed by atoms with Gasteiger partial charge in [-0.3, -0.25) is 0 Å². The summed E-state index contributed by atoms with van der Waals surface area (Å²) < 4.78 is 46.3. The average Bonchev–Trinajstić information content (AvgIpc) is 2.76. The minimum Gasteiger partial charge on any atom is -0.371 e. The standard InChI is InChI=1S/C14H24F3NO2/c15-14(16,17)11-19-9-8-18-10-12-4-7-13(20-12)5-2-1-3-6-13/h12,18H,1-11H2. The minimum atomic E-state index is -4.23. The van der Waals surface area contributed by atoms with Crippen LogP contribution in [0.25, 0.3) is 0 Å². The molecule has 1 unspecified atom stereocenters. The number of alkyl halides is 3. The highest BCUT2D eigenvalue weighted by molar-refractivity contribution is 4.91. The van der Waals surface area contributed by atoms with Gasteiger partial charge < -0.3 is 14.8 Å². The van der Waals surface area contributed by atoms with Crippen molar-refractivity contribution >= 4 is 0 Å². The van der Waals surface area contributed by atoms with E-state index in [1.165, 1.54) is 19.3 Å². The normalized spacial score (nSPS) is 26.2. The molecule has 1 aliphatic heterocycles. The van der Waals surface area contributed by atoms with Crippen molar-refractivity contribution in [3.05, 3.63) is 0 Å². The highest BCUT2D eigenvalue weighted by atomic mass is 19.4. The maximum atomic E-state index is 11.8. The molecule has 1 N–H and O–H groups in total. The Kier molecular flexibility index (Phi) is 5.69. The second-order valence-electron chi connectivity index (χ2n) is 5.89. The molecule has 0 aromatic heterocycles. The predicted octanol–water partition coefficient (Wildman–Crippen LogP) is 3.04. The van der Waals surface area contributed by atoms with Gasteiger partial charge in [0.15, 0.2) is 0 Å². The van der Waals surface area contributed by atoms with E-state index in [-0.39, 0.29) is 18.3 Å². The van der Waals surface area contributed by atoms with Crippen molar-refractivity contribution in [2.24, 2.45) is 0 Å². The van der Waals surface area contributed by atoms with Crippen LogP contribution in [0.1, 0.15) is 44.9 Å². The van der Waals surface area contributed by atoms with Crippen molar-refractivity contribution in [1.82, 2.24) is 5.32 Å². The number of hydrogen-bond acceptors (Lipinski definition) is 3. The molecule has 6 heteroatoms. The molecule has 1 saturated heterocycles. The van der Waals surface area contributed by atoms with Crippen molar-refractivity contribution in [3.8, 4) is 0 Å². The van der Waals surface area contributed by atoms with E-state index in [1.54, 1.807) is 0 Å². The van der Waals surface area contributed by atoms with Gasteiger partial charge in [-0.05, 0) is 25.7 Å². The molecule has 0 amide bonds. The zero-order valence-electron chi connectivity index (χ0n) is 11.8. The lowest BCUT2D eigenvalue weighted by Gasteiger charge is -2.33. The zero-order valence-corrected chi connectivity index (χ0v) is 11.8. The number of rotatable bonds is 6. The monoisotopic (exact) mass is 295 g/mol. The first-order valence-corrected chi connectivity index (χ1v) is 7.52. The third-order valence-corrected chi connectivity index (χ3v) is 4.16. The van der Waals surface area contributed by atoms with Gasteiger partial charge in [0.1, 0.15) is 6.61 Å². The first-order valence-electron chi connectivity index (χ1n) is 7.52. The van der Waals surface area contributed by atoms with Crippen LogP contribution in [0.5, 0.6) is 0 Å². The Balaban J connectivity index is 1.53. The molecule has 1 aliphatic carbocycles. The van der Waals surface area contributed by atoms with E-state index in [9.17, 15) is 13.2 Å². The average molecular weight is 295 g/mol. The fraction of sp³-hybridized carbons (Fsp3) is 1.00. The summed E-state index contributed by atoms with van der Waals surface area (Å²) in [6.45, 7) is 0.0508. The third-order valence-electron chi connectivity index (χ3n) is 4.16. The smallest absolute Gasteiger partial charge is 0.371 e. The first kappa shape index (κ1) is 16.0. The Morgan fingerprint density at radius 2 is 1.90 bits per heavy atom. The molecule has 2 rings (SSSR count). The molecule has 0 aromatic rings. The van der Waals surface area contributed by atoms with Gasteiger partial charge in [0.2, 0.25) is 0 Å². The number of hydrogen-bond donors (Lipinski definition) is 1. The van der Waals surface area contributed by atoms with Gasteiger partial charge in [-0.2, -0.15) is 13.2 Å². The van der Waals surface area contributed by atoms with Crippen molar-refractivity contribution in [3.63, 3.8) is 0 Å². The Morgan fingerprint density at radius 1 is 1.15 bits per heavy atom. The summed E-state index contributed by atoms with van der Waals surface area (Å²) in [6.07, 6.45) is 4.30. The Hall–Kier alpha value is -0.330. The Morgan fingerprint density at radius 3 is 2.60 bits per heavy atom. The van der Waals surface area contributed by atoms with Gasteiger partial charge in [0.25, 0.3) is 0 Å². The molecule has 20 heavy (non-hydrogen) atoms. The molecule has 0 aromatic carbocycles. The summed E-state index contributed by atoms with van der Waals surface area (Å²) in [5.74, 6) is 0. The van der Waals surface area contributed by atoms with E-state index in [0.29, 0.717) is 13.1 Å². The Bertz CT molecular complexity index is 291. The topological polar surface area (TPSA) is 30.5 Å². The molecule has 1 spiro atoms. The van der Waals surface area contributed by atoms with Gasteiger partial charge in [-0.15, -0.1) is 0 Å². The van der Waals surface area contributed by atoms with Crippen LogP contribution >= 0.6 is 0 Å². The molecular weight excluding hydrogens is 271 g/mol. The molecule has 3 nitrogen and oxygen atoms in total. The van der Waals surface area contributed by atoms with Gasteiger partial charge in [0, 0.05) is 13.1 Å². The molecule has 1 heterocycles. The summed E-state index contributed by atoms with van der Waals surface area (Å²) in [5, 5.41) is 3.12. The summed E-state index contributed by atoms with van der Waals surface area (Å²) in [5.41, 5.74) is 0.109. The third kappa shape index (κ3) is 5.22. The lowest BCUT2D eigenvalue weighted by Crippen LogP contribution is -2.35. The molecule has 0 bridgehead atoms. The van der Waals surface area contributed by atoms with Gasteiger partial charge >= 0.3 is 6.18 Å². The zero-order chi connectivity index (χ0) is 14.5. The van der Waals surface area contributed by atoms with Crippen LogP contribution in [0.2, 0.25) is 0 Å². The minimum absolute atomic E-state index is 0.0807. The van der Waals surface area contributed by atoms with E-state index in [0.717, 1.165) is 25.7 Å². The lowest BCUT2D eigenvalue weighted by molar-refractivity contribution is -0.173. The number of ether oxygens (including phenoxy) is 2. The highest BCUT2D eigenvalue weighted by Gasteiger charge is 2.40. The van der Waals surface area contributed by atoms with Crippen LogP contribution in [0, 0.1) is 0 Å². The van der Waals surface area contributed by atoms with E-state index >= 15 is 0 Å². The molecule has 1 atom stereocenters. The summed E-state index contributed by atoms with van der Waals surface area (Å²) in [7, 11) is 0. The van der Waals surface area contributed by atoms with Crippen LogP contribution in [-0.4, -0.2) is 44.2 Å². The molecule has 2 aliphatic rings. The van der Waals surface area contributed by atoms with Gasteiger partial charge in [-0.1, -0.05) is 19.3 Å². The quantitative estimate of drug-likeness (QED) is 0.764. The lowest BCUT2D eigenvalue weighted by atomic mass is 9.83. The molecular formula is C14H24F3NO2. The second kappa shape index (κ2) is 7.09. The number of nitrogens with one attached hydrogen (secondary N) is 1. The largest absolute Gasteiger partial charge is 0.411 e. The molecule has 118 valence electrons. The van der Waals surface area contributed by atoms with E-state index < -0.39 is 12.8 Å². The van der Waals surface area contributed by atoms with Crippen molar-refractivity contribution in [2.45, 2.75) is 62.8 Å². The fourth-order valence-electron chi connectivity index (χ4n) is 3.20. The fourth-order valence-corrected chi connectivity index (χ4v) is 3.20. The maximum absolute atomic E-state index is 11.8. The van der Waals surface area contributed by atoms with Gasteiger partial charge in [0.05, 0.1) is 18.3 Å². The predicted molar refractivity (Wildman–Crippen MR) is 69.7 cm³/mol. The van der Waals surface area contributed by atoms with Crippen molar-refractivity contribution < 1.29 is 22.6 Å². The molecule has 0 radical (unpaired) electrons. The van der Waals surface area contributed by atoms with Crippen LogP contribution in [0.4, 0.5) is 13.2 Å². The van der Waals surface area contributed by atoms with E-state index in [2.05, 4.69) is 10.1 Å².